The van der Waals surface area contributed by atoms with Crippen LogP contribution in [0.1, 0.15) is 21.7 Å². The first-order valence-electron chi connectivity index (χ1n) is 6.78. The molecule has 1 heterocycles. The van der Waals surface area contributed by atoms with Crippen molar-refractivity contribution in [1.29, 1.82) is 0 Å². The number of methoxy groups -OCH3 is 2. The Hall–Kier alpha value is -1.39. The number of ether oxygens (including phenoxy) is 2. The standard InChI is InChI=1S/C15H22N2O3S/c1-19-10-4-8-17(9-11-20-2)15(18)14-13(5-3-7-16)6-12-21-14/h6,12H,4,7-11,16H2,1-2H3. The molecule has 0 saturated carbocycles. The van der Waals surface area contributed by atoms with Crippen LogP contribution >= 0.6 is 11.3 Å². The minimum Gasteiger partial charge on any atom is -0.385 e. The summed E-state index contributed by atoms with van der Waals surface area (Å²) in [5.74, 6) is 5.72. The van der Waals surface area contributed by atoms with Crippen LogP contribution in [0.15, 0.2) is 11.4 Å². The van der Waals surface area contributed by atoms with Crippen molar-refractivity contribution in [1.82, 2.24) is 4.90 Å². The first-order chi connectivity index (χ1) is 10.2. The lowest BCUT2D eigenvalue weighted by molar-refractivity contribution is 0.0678. The van der Waals surface area contributed by atoms with Crippen molar-refractivity contribution in [3.63, 3.8) is 0 Å². The maximum Gasteiger partial charge on any atom is 0.265 e. The van der Waals surface area contributed by atoms with Gasteiger partial charge >= 0.3 is 0 Å². The third-order valence-electron chi connectivity index (χ3n) is 2.81. The zero-order valence-electron chi connectivity index (χ0n) is 12.6. The van der Waals surface area contributed by atoms with Crippen molar-refractivity contribution in [2.24, 2.45) is 5.73 Å². The van der Waals surface area contributed by atoms with Crippen LogP contribution < -0.4 is 5.73 Å². The number of hydrogen-bond acceptors (Lipinski definition) is 5. The first kappa shape index (κ1) is 17.7. The molecule has 1 rings (SSSR count). The van der Waals surface area contributed by atoms with Gasteiger partial charge in [0.1, 0.15) is 4.88 Å². The molecule has 0 aromatic carbocycles. The van der Waals surface area contributed by atoms with E-state index in [0.717, 1.165) is 12.0 Å². The molecule has 21 heavy (non-hydrogen) atoms. The third kappa shape index (κ3) is 5.86. The fraction of sp³-hybridized carbons (Fsp3) is 0.533. The molecule has 0 atom stereocenters. The number of carbonyl (C=O) groups excluding carboxylic acids is 1. The van der Waals surface area contributed by atoms with Gasteiger partial charge in [-0.2, -0.15) is 0 Å². The van der Waals surface area contributed by atoms with Crippen LogP contribution in [-0.4, -0.2) is 57.9 Å². The van der Waals surface area contributed by atoms with Gasteiger partial charge in [0, 0.05) is 39.5 Å². The molecule has 2 N–H and O–H groups in total. The molecule has 0 radical (unpaired) electrons. The quantitative estimate of drug-likeness (QED) is 0.578. The van der Waals surface area contributed by atoms with Crippen LogP contribution in [0.2, 0.25) is 0 Å². The average molecular weight is 310 g/mol. The highest BCUT2D eigenvalue weighted by atomic mass is 32.1. The molecule has 0 fully saturated rings. The molecule has 5 nitrogen and oxygen atoms in total. The number of rotatable bonds is 8. The van der Waals surface area contributed by atoms with Gasteiger partial charge in [0.05, 0.1) is 13.2 Å². The highest BCUT2D eigenvalue weighted by Crippen LogP contribution is 2.18. The van der Waals surface area contributed by atoms with Gasteiger partial charge in [0.15, 0.2) is 0 Å². The molecule has 0 bridgehead atoms. The van der Waals surface area contributed by atoms with Crippen LogP contribution in [0.4, 0.5) is 0 Å². The Labute approximate surface area is 130 Å². The Kier molecular flexibility index (Phi) is 8.71. The summed E-state index contributed by atoms with van der Waals surface area (Å²) in [4.78, 5) is 15.1. The van der Waals surface area contributed by atoms with E-state index in [-0.39, 0.29) is 12.5 Å². The fourth-order valence-electron chi connectivity index (χ4n) is 1.78. The maximum atomic E-state index is 12.6. The summed E-state index contributed by atoms with van der Waals surface area (Å²) < 4.78 is 10.1. The van der Waals surface area contributed by atoms with Gasteiger partial charge < -0.3 is 20.1 Å². The second-order valence-electron chi connectivity index (χ2n) is 4.30. The Morgan fingerprint density at radius 2 is 2.10 bits per heavy atom. The van der Waals surface area contributed by atoms with E-state index in [1.807, 2.05) is 11.4 Å². The number of hydrogen-bond donors (Lipinski definition) is 1. The number of carbonyl (C=O) groups is 1. The molecule has 0 unspecified atom stereocenters. The van der Waals surface area contributed by atoms with Crippen molar-refractivity contribution < 1.29 is 14.3 Å². The Morgan fingerprint density at radius 3 is 2.76 bits per heavy atom. The van der Waals surface area contributed by atoms with Crippen LogP contribution in [0.5, 0.6) is 0 Å². The van der Waals surface area contributed by atoms with Crippen molar-refractivity contribution >= 4 is 17.2 Å². The number of nitrogens with zero attached hydrogens (tertiary/aromatic N) is 1. The second kappa shape index (κ2) is 10.4. The lowest BCUT2D eigenvalue weighted by Gasteiger charge is -2.22. The van der Waals surface area contributed by atoms with Crippen LogP contribution in [0.3, 0.4) is 0 Å². The van der Waals surface area contributed by atoms with Gasteiger partial charge in [-0.25, -0.2) is 0 Å². The Balaban J connectivity index is 2.80. The van der Waals surface area contributed by atoms with Crippen molar-refractivity contribution in [3.8, 4) is 11.8 Å². The normalized spacial score (nSPS) is 10.0. The van der Waals surface area contributed by atoms with E-state index in [2.05, 4.69) is 11.8 Å². The molecule has 0 saturated heterocycles. The van der Waals surface area contributed by atoms with E-state index in [1.54, 1.807) is 19.1 Å². The summed E-state index contributed by atoms with van der Waals surface area (Å²) >= 11 is 1.40. The van der Waals surface area contributed by atoms with Crippen molar-refractivity contribution in [2.75, 3.05) is 47.1 Å². The SMILES string of the molecule is COCCCN(CCOC)C(=O)c1sccc1C#CCN. The molecule has 6 heteroatoms. The Bertz CT molecular complexity index is 491. The molecule has 116 valence electrons. The molecule has 0 aliphatic rings. The molecule has 1 aromatic heterocycles. The molecule has 0 spiro atoms. The predicted octanol–water partition coefficient (Wildman–Crippen LogP) is 1.18. The first-order valence-corrected chi connectivity index (χ1v) is 7.66. The van der Waals surface area contributed by atoms with Crippen LogP contribution in [0, 0.1) is 11.8 Å². The molecular weight excluding hydrogens is 288 g/mol. The van der Waals surface area contributed by atoms with Gasteiger partial charge in [-0.3, -0.25) is 4.79 Å². The minimum atomic E-state index is -0.0144. The smallest absolute Gasteiger partial charge is 0.265 e. The van der Waals surface area contributed by atoms with Crippen molar-refractivity contribution in [3.05, 3.63) is 21.9 Å². The molecule has 0 aliphatic heterocycles. The van der Waals surface area contributed by atoms with Crippen LogP contribution in [0.25, 0.3) is 0 Å². The van der Waals surface area contributed by atoms with Crippen molar-refractivity contribution in [2.45, 2.75) is 6.42 Å². The lowest BCUT2D eigenvalue weighted by atomic mass is 10.2. The largest absolute Gasteiger partial charge is 0.385 e. The topological polar surface area (TPSA) is 64.8 Å². The van der Waals surface area contributed by atoms with E-state index in [4.69, 9.17) is 15.2 Å². The summed E-state index contributed by atoms with van der Waals surface area (Å²) in [6, 6.07) is 1.85. The van der Waals surface area contributed by atoms with Gasteiger partial charge in [0.2, 0.25) is 0 Å². The van der Waals surface area contributed by atoms with E-state index >= 15 is 0 Å². The Morgan fingerprint density at radius 1 is 1.33 bits per heavy atom. The predicted molar refractivity (Wildman–Crippen MR) is 84.5 cm³/mol. The van der Waals surface area contributed by atoms with Gasteiger partial charge in [0.25, 0.3) is 5.91 Å². The van der Waals surface area contributed by atoms with E-state index in [1.165, 1.54) is 11.3 Å². The number of nitrogens with two attached hydrogens (primary N) is 1. The average Bonchev–Trinajstić information content (AvgIpc) is 2.96. The number of thiophene rings is 1. The van der Waals surface area contributed by atoms with Gasteiger partial charge in [-0.05, 0) is 17.9 Å². The van der Waals surface area contributed by atoms with Crippen LogP contribution in [-0.2, 0) is 9.47 Å². The fourth-order valence-corrected chi connectivity index (χ4v) is 2.60. The van der Waals surface area contributed by atoms with E-state index in [9.17, 15) is 4.79 Å². The molecule has 1 aromatic rings. The van der Waals surface area contributed by atoms with Gasteiger partial charge in [-0.15, -0.1) is 11.3 Å². The second-order valence-corrected chi connectivity index (χ2v) is 5.22. The summed E-state index contributed by atoms with van der Waals surface area (Å²) in [6.45, 7) is 2.61. The summed E-state index contributed by atoms with van der Waals surface area (Å²) in [5, 5.41) is 1.87. The summed E-state index contributed by atoms with van der Waals surface area (Å²) in [6.07, 6.45) is 0.793. The van der Waals surface area contributed by atoms with E-state index < -0.39 is 0 Å². The zero-order chi connectivity index (χ0) is 15.5. The highest BCUT2D eigenvalue weighted by Gasteiger charge is 2.19. The number of amides is 1. The molecule has 0 aliphatic carbocycles. The summed E-state index contributed by atoms with van der Waals surface area (Å²) in [5.41, 5.74) is 6.12. The summed E-state index contributed by atoms with van der Waals surface area (Å²) in [7, 11) is 3.28. The zero-order valence-corrected chi connectivity index (χ0v) is 13.4. The minimum absolute atomic E-state index is 0.0144. The molecular formula is C15H22N2O3S. The lowest BCUT2D eigenvalue weighted by Crippen LogP contribution is -2.35. The van der Waals surface area contributed by atoms with Gasteiger partial charge in [-0.1, -0.05) is 11.8 Å². The highest BCUT2D eigenvalue weighted by molar-refractivity contribution is 7.12. The monoisotopic (exact) mass is 310 g/mol. The third-order valence-corrected chi connectivity index (χ3v) is 3.72. The maximum absolute atomic E-state index is 12.6. The van der Waals surface area contributed by atoms with E-state index in [0.29, 0.717) is 31.2 Å². The molecule has 1 amide bonds.